The number of nitrogens with two attached hydrogens (primary N) is 1. The lowest BCUT2D eigenvalue weighted by molar-refractivity contribution is 0.526. The second-order valence-corrected chi connectivity index (χ2v) is 6.28. The van der Waals surface area contributed by atoms with Gasteiger partial charge in [0.15, 0.2) is 15.8 Å². The van der Waals surface area contributed by atoms with E-state index >= 15 is 0 Å². The molecule has 0 aliphatic heterocycles. The van der Waals surface area contributed by atoms with E-state index in [-0.39, 0.29) is 0 Å². The number of oxazole rings is 1. The number of fused-ring (bicyclic) bond motifs is 1. The van der Waals surface area contributed by atoms with Crippen LogP contribution >= 0.6 is 23.1 Å². The molecule has 0 unspecified atom stereocenters. The molecule has 2 heterocycles. The second kappa shape index (κ2) is 5.58. The zero-order valence-electron chi connectivity index (χ0n) is 10.1. The minimum atomic E-state index is 0.515. The Morgan fingerprint density at radius 2 is 2.16 bits per heavy atom. The smallest absolute Gasteiger partial charge is 0.203 e. The maximum atomic E-state index is 5.66. The van der Waals surface area contributed by atoms with Crippen LogP contribution in [0.15, 0.2) is 33.0 Å². The quantitative estimate of drug-likeness (QED) is 0.575. The molecule has 0 amide bonds. The number of hydrogen-bond acceptors (Lipinski definition) is 7. The number of para-hydroxylation sites is 2. The van der Waals surface area contributed by atoms with Crippen molar-refractivity contribution in [3.63, 3.8) is 0 Å². The highest BCUT2D eigenvalue weighted by molar-refractivity contribution is 8.01. The molecule has 1 aromatic carbocycles. The van der Waals surface area contributed by atoms with Crippen LogP contribution in [0.1, 0.15) is 12.3 Å². The predicted molar refractivity (Wildman–Crippen MR) is 77.4 cm³/mol. The summed E-state index contributed by atoms with van der Waals surface area (Å²) in [5.41, 5.74) is 7.29. The van der Waals surface area contributed by atoms with E-state index in [2.05, 4.69) is 15.2 Å². The summed E-state index contributed by atoms with van der Waals surface area (Å²) in [6, 6.07) is 7.81. The fourth-order valence-electron chi connectivity index (χ4n) is 1.69. The van der Waals surface area contributed by atoms with Gasteiger partial charge in [-0.1, -0.05) is 35.2 Å². The van der Waals surface area contributed by atoms with Gasteiger partial charge in [-0.05, 0) is 18.6 Å². The number of rotatable bonds is 5. The largest absolute Gasteiger partial charge is 0.441 e. The molecule has 2 aromatic heterocycles. The monoisotopic (exact) mass is 292 g/mol. The number of aromatic nitrogens is 3. The summed E-state index contributed by atoms with van der Waals surface area (Å²) in [6.07, 6.45) is 1.81. The van der Waals surface area contributed by atoms with E-state index in [0.717, 1.165) is 39.9 Å². The van der Waals surface area contributed by atoms with Gasteiger partial charge in [0.25, 0.3) is 0 Å². The lowest BCUT2D eigenvalue weighted by atomic mass is 10.3. The summed E-state index contributed by atoms with van der Waals surface area (Å²) >= 11 is 3.08. The van der Waals surface area contributed by atoms with Gasteiger partial charge in [0.2, 0.25) is 5.13 Å². The summed E-state index contributed by atoms with van der Waals surface area (Å²) in [5.74, 6) is 1.74. The first kappa shape index (κ1) is 12.4. The predicted octanol–water partition coefficient (Wildman–Crippen LogP) is 2.99. The molecule has 7 heteroatoms. The lowest BCUT2D eigenvalue weighted by Crippen LogP contribution is -1.87. The fraction of sp³-hybridized carbons (Fsp3) is 0.250. The average molecular weight is 292 g/mol. The third kappa shape index (κ3) is 3.05. The first-order valence-corrected chi connectivity index (χ1v) is 7.68. The number of anilines is 1. The summed E-state index contributed by atoms with van der Waals surface area (Å²) in [5, 5.41) is 8.25. The summed E-state index contributed by atoms with van der Waals surface area (Å²) in [6.45, 7) is 0. The normalized spacial score (nSPS) is 11.2. The summed E-state index contributed by atoms with van der Waals surface area (Å²) in [4.78, 5) is 4.44. The molecule has 0 spiro atoms. The van der Waals surface area contributed by atoms with Crippen molar-refractivity contribution in [3.05, 3.63) is 30.2 Å². The van der Waals surface area contributed by atoms with E-state index < -0.39 is 0 Å². The van der Waals surface area contributed by atoms with Crippen molar-refractivity contribution in [1.29, 1.82) is 0 Å². The van der Waals surface area contributed by atoms with Crippen molar-refractivity contribution in [2.24, 2.45) is 0 Å². The van der Waals surface area contributed by atoms with Crippen molar-refractivity contribution < 1.29 is 4.42 Å². The highest BCUT2D eigenvalue weighted by atomic mass is 32.2. The van der Waals surface area contributed by atoms with Crippen LogP contribution in [-0.2, 0) is 6.42 Å². The van der Waals surface area contributed by atoms with Crippen molar-refractivity contribution in [2.75, 3.05) is 11.5 Å². The number of nitrogens with zero attached hydrogens (tertiary/aromatic N) is 3. The zero-order chi connectivity index (χ0) is 13.1. The van der Waals surface area contributed by atoms with Gasteiger partial charge < -0.3 is 10.2 Å². The van der Waals surface area contributed by atoms with Crippen LogP contribution < -0.4 is 5.73 Å². The number of thioether (sulfide) groups is 1. The van der Waals surface area contributed by atoms with E-state index in [1.54, 1.807) is 11.8 Å². The highest BCUT2D eigenvalue weighted by Crippen LogP contribution is 2.24. The molecule has 0 aliphatic carbocycles. The molecular formula is C12H12N4OS2. The Bertz CT molecular complexity index is 646. The van der Waals surface area contributed by atoms with Gasteiger partial charge in [-0.3, -0.25) is 0 Å². The zero-order valence-corrected chi connectivity index (χ0v) is 11.7. The number of nitrogen functional groups attached to an aromatic ring is 1. The van der Waals surface area contributed by atoms with Crippen molar-refractivity contribution in [2.45, 2.75) is 17.2 Å². The van der Waals surface area contributed by atoms with E-state index in [0.29, 0.717) is 5.13 Å². The van der Waals surface area contributed by atoms with Gasteiger partial charge in [-0.2, -0.15) is 0 Å². The van der Waals surface area contributed by atoms with Crippen molar-refractivity contribution >= 4 is 39.3 Å². The van der Waals surface area contributed by atoms with E-state index in [1.165, 1.54) is 11.3 Å². The molecule has 2 N–H and O–H groups in total. The van der Waals surface area contributed by atoms with E-state index in [9.17, 15) is 0 Å². The Hall–Kier alpha value is -1.60. The first-order chi connectivity index (χ1) is 9.31. The number of aryl methyl sites for hydroxylation is 1. The lowest BCUT2D eigenvalue weighted by Gasteiger charge is -1.94. The van der Waals surface area contributed by atoms with Gasteiger partial charge >= 0.3 is 0 Å². The van der Waals surface area contributed by atoms with Crippen molar-refractivity contribution in [1.82, 2.24) is 15.2 Å². The molecule has 5 nitrogen and oxygen atoms in total. The van der Waals surface area contributed by atoms with Crippen LogP contribution in [0.4, 0.5) is 5.13 Å². The van der Waals surface area contributed by atoms with Crippen LogP contribution in [0.2, 0.25) is 0 Å². The SMILES string of the molecule is Nc1nnc(SCCCc2nc3ccccc3o2)s1. The molecule has 0 aliphatic rings. The molecule has 98 valence electrons. The number of benzene rings is 1. The molecule has 0 bridgehead atoms. The van der Waals surface area contributed by atoms with E-state index in [1.807, 2.05) is 24.3 Å². The Morgan fingerprint density at radius 3 is 2.95 bits per heavy atom. The van der Waals surface area contributed by atoms with Crippen LogP contribution in [0.3, 0.4) is 0 Å². The molecule has 0 atom stereocenters. The first-order valence-electron chi connectivity index (χ1n) is 5.87. The van der Waals surface area contributed by atoms with Crippen LogP contribution in [0.5, 0.6) is 0 Å². The average Bonchev–Trinajstić information content (AvgIpc) is 3.00. The molecule has 0 saturated heterocycles. The topological polar surface area (TPSA) is 77.8 Å². The highest BCUT2D eigenvalue weighted by Gasteiger charge is 2.06. The standard InChI is InChI=1S/C12H12N4OS2/c13-11-15-16-12(19-11)18-7-3-6-10-14-8-4-1-2-5-9(8)17-10/h1-2,4-5H,3,6-7H2,(H2,13,15). The van der Waals surface area contributed by atoms with Crippen molar-refractivity contribution in [3.8, 4) is 0 Å². The minimum absolute atomic E-state index is 0.515. The third-order valence-corrected chi connectivity index (χ3v) is 4.49. The van der Waals surface area contributed by atoms with Gasteiger partial charge in [-0.15, -0.1) is 10.2 Å². The minimum Gasteiger partial charge on any atom is -0.441 e. The van der Waals surface area contributed by atoms with Gasteiger partial charge in [0.1, 0.15) is 5.52 Å². The second-order valence-electron chi connectivity index (χ2n) is 3.93. The van der Waals surface area contributed by atoms with Gasteiger partial charge in [-0.25, -0.2) is 4.98 Å². The van der Waals surface area contributed by atoms with Crippen LogP contribution in [0, 0.1) is 0 Å². The van der Waals surface area contributed by atoms with Crippen LogP contribution in [0.25, 0.3) is 11.1 Å². The number of hydrogen-bond donors (Lipinski definition) is 1. The Kier molecular flexibility index (Phi) is 3.65. The summed E-state index contributed by atoms with van der Waals surface area (Å²) < 4.78 is 6.57. The maximum Gasteiger partial charge on any atom is 0.203 e. The Morgan fingerprint density at radius 1 is 1.26 bits per heavy atom. The molecule has 0 radical (unpaired) electrons. The molecule has 19 heavy (non-hydrogen) atoms. The Balaban J connectivity index is 1.52. The molecule has 3 aromatic rings. The Labute approximate surface area is 118 Å². The molecule has 3 rings (SSSR count). The van der Waals surface area contributed by atoms with Gasteiger partial charge in [0, 0.05) is 12.2 Å². The molecule has 0 saturated carbocycles. The third-order valence-electron chi connectivity index (χ3n) is 2.52. The fourth-order valence-corrected chi connectivity index (χ4v) is 3.33. The van der Waals surface area contributed by atoms with Crippen LogP contribution in [-0.4, -0.2) is 20.9 Å². The summed E-state index contributed by atoms with van der Waals surface area (Å²) in [7, 11) is 0. The molecular weight excluding hydrogens is 280 g/mol. The van der Waals surface area contributed by atoms with E-state index in [4.69, 9.17) is 10.2 Å². The maximum absolute atomic E-state index is 5.66. The molecule has 0 fully saturated rings. The van der Waals surface area contributed by atoms with Gasteiger partial charge in [0.05, 0.1) is 0 Å².